The molecule has 0 unspecified atom stereocenters. The molecule has 0 aromatic heterocycles. The maximum Gasteiger partial charge on any atom is -0.0254 e. The molecule has 0 spiro atoms. The van der Waals surface area contributed by atoms with Gasteiger partial charge in [0.2, 0.25) is 0 Å². The molecule has 102 valence electrons. The highest BCUT2D eigenvalue weighted by Crippen LogP contribution is 2.16. The minimum atomic E-state index is 1.13. The first-order valence-electron chi connectivity index (χ1n) is 7.37. The van der Waals surface area contributed by atoms with Gasteiger partial charge in [-0.3, -0.25) is 0 Å². The molecule has 2 aromatic rings. The summed E-state index contributed by atoms with van der Waals surface area (Å²) < 4.78 is 0. The molecule has 2 aromatic carbocycles. The summed E-state index contributed by atoms with van der Waals surface area (Å²) in [5.41, 5.74) is 3.92. The average molecular weight is 262 g/mol. The number of rotatable bonds is 6. The van der Waals surface area contributed by atoms with E-state index in [1.807, 2.05) is 0 Å². The maximum absolute atomic E-state index is 2.29. The van der Waals surface area contributed by atoms with Crippen molar-refractivity contribution in [3.63, 3.8) is 0 Å². The third-order valence-electron chi connectivity index (χ3n) is 3.26. The number of benzene rings is 2. The van der Waals surface area contributed by atoms with Gasteiger partial charge in [0.15, 0.2) is 0 Å². The lowest BCUT2D eigenvalue weighted by Crippen LogP contribution is -1.81. The first kappa shape index (κ1) is 14.3. The second-order valence-corrected chi connectivity index (χ2v) is 4.98. The molecular formula is C20H22. The highest BCUT2D eigenvalue weighted by Gasteiger charge is 1.94. The Morgan fingerprint density at radius 3 is 2.05 bits per heavy atom. The molecule has 0 aliphatic heterocycles. The monoisotopic (exact) mass is 262 g/mol. The van der Waals surface area contributed by atoms with E-state index in [1.54, 1.807) is 0 Å². The third kappa shape index (κ3) is 4.89. The second kappa shape index (κ2) is 8.16. The van der Waals surface area contributed by atoms with Crippen LogP contribution in [0.25, 0.3) is 12.2 Å². The number of hydrogen-bond acceptors (Lipinski definition) is 0. The van der Waals surface area contributed by atoms with Crippen LogP contribution in [0.1, 0.15) is 37.3 Å². The summed E-state index contributed by atoms with van der Waals surface area (Å²) in [7, 11) is 0. The van der Waals surface area contributed by atoms with Crippen molar-refractivity contribution in [1.29, 1.82) is 0 Å². The lowest BCUT2D eigenvalue weighted by molar-refractivity contribution is 0.801. The molecule has 0 atom stereocenters. The van der Waals surface area contributed by atoms with E-state index in [4.69, 9.17) is 0 Å². The molecule has 0 bridgehead atoms. The van der Waals surface area contributed by atoms with Crippen LogP contribution in [0.5, 0.6) is 0 Å². The van der Waals surface area contributed by atoms with Gasteiger partial charge in [-0.2, -0.15) is 0 Å². The zero-order valence-electron chi connectivity index (χ0n) is 12.1. The fourth-order valence-electron chi connectivity index (χ4n) is 2.12. The van der Waals surface area contributed by atoms with Crippen LogP contribution in [0.4, 0.5) is 0 Å². The molecule has 0 radical (unpaired) electrons. The number of hydrogen-bond donors (Lipinski definition) is 0. The fourth-order valence-corrected chi connectivity index (χ4v) is 2.12. The molecule has 0 heterocycles. The van der Waals surface area contributed by atoms with Crippen molar-refractivity contribution in [2.45, 2.75) is 26.2 Å². The summed E-state index contributed by atoms with van der Waals surface area (Å²) in [4.78, 5) is 0. The molecule has 0 aliphatic carbocycles. The van der Waals surface area contributed by atoms with Crippen LogP contribution < -0.4 is 0 Å². The molecule has 0 amide bonds. The summed E-state index contributed by atoms with van der Waals surface area (Å²) in [6, 6.07) is 21.0. The van der Waals surface area contributed by atoms with Crippen molar-refractivity contribution in [3.05, 3.63) is 83.4 Å². The predicted octanol–water partition coefficient (Wildman–Crippen LogP) is 5.97. The lowest BCUT2D eigenvalue weighted by Gasteiger charge is -2.02. The zero-order valence-corrected chi connectivity index (χ0v) is 12.1. The van der Waals surface area contributed by atoms with E-state index < -0.39 is 0 Å². The second-order valence-electron chi connectivity index (χ2n) is 4.98. The van der Waals surface area contributed by atoms with Crippen molar-refractivity contribution in [2.75, 3.05) is 0 Å². The normalized spacial score (nSPS) is 11.9. The minimum Gasteiger partial charge on any atom is -0.0654 e. The van der Waals surface area contributed by atoms with Gasteiger partial charge in [-0.25, -0.2) is 0 Å². The Hall–Kier alpha value is -2.08. The van der Waals surface area contributed by atoms with Crippen LogP contribution in [0.3, 0.4) is 0 Å². The summed E-state index contributed by atoms with van der Waals surface area (Å²) >= 11 is 0. The van der Waals surface area contributed by atoms with Crippen LogP contribution in [0, 0.1) is 0 Å². The standard InChI is InChI=1S/C20H22/c1-2-3-10-20(17-19-13-8-5-9-14-19)16-15-18-11-6-4-7-12-18/h4-9,11-17H,2-3,10H2,1H3. The summed E-state index contributed by atoms with van der Waals surface area (Å²) in [5.74, 6) is 0. The third-order valence-corrected chi connectivity index (χ3v) is 3.26. The van der Waals surface area contributed by atoms with Gasteiger partial charge in [0.1, 0.15) is 0 Å². The van der Waals surface area contributed by atoms with Crippen LogP contribution in [-0.4, -0.2) is 0 Å². The molecule has 20 heavy (non-hydrogen) atoms. The van der Waals surface area contributed by atoms with E-state index in [0.717, 1.165) is 6.42 Å². The molecule has 0 saturated carbocycles. The smallest absolute Gasteiger partial charge is 0.0254 e. The van der Waals surface area contributed by atoms with Crippen LogP contribution in [-0.2, 0) is 0 Å². The van der Waals surface area contributed by atoms with Gasteiger partial charge >= 0.3 is 0 Å². The number of unbranched alkanes of at least 4 members (excludes halogenated alkanes) is 1. The molecule has 0 heteroatoms. The Balaban J connectivity index is 2.15. The summed E-state index contributed by atoms with van der Waals surface area (Å²) in [5, 5.41) is 0. The Labute approximate surface area is 122 Å². The molecular weight excluding hydrogens is 240 g/mol. The fraction of sp³-hybridized carbons (Fsp3) is 0.200. The van der Waals surface area contributed by atoms with E-state index in [1.165, 1.54) is 29.5 Å². The zero-order chi connectivity index (χ0) is 14.0. The van der Waals surface area contributed by atoms with E-state index in [2.05, 4.69) is 85.8 Å². The van der Waals surface area contributed by atoms with Crippen molar-refractivity contribution < 1.29 is 0 Å². The summed E-state index contributed by atoms with van der Waals surface area (Å²) in [6.45, 7) is 2.24. The van der Waals surface area contributed by atoms with Gasteiger partial charge in [-0.15, -0.1) is 0 Å². The van der Waals surface area contributed by atoms with Crippen LogP contribution >= 0.6 is 0 Å². The van der Waals surface area contributed by atoms with Crippen LogP contribution in [0.2, 0.25) is 0 Å². The minimum absolute atomic E-state index is 1.13. The quantitative estimate of drug-likeness (QED) is 0.562. The summed E-state index contributed by atoms with van der Waals surface area (Å²) in [6.07, 6.45) is 10.3. The van der Waals surface area contributed by atoms with E-state index in [9.17, 15) is 0 Å². The van der Waals surface area contributed by atoms with E-state index >= 15 is 0 Å². The maximum atomic E-state index is 2.29. The van der Waals surface area contributed by atoms with Gasteiger partial charge in [-0.05, 0) is 29.5 Å². The highest BCUT2D eigenvalue weighted by atomic mass is 14.0. The predicted molar refractivity (Wildman–Crippen MR) is 89.4 cm³/mol. The Morgan fingerprint density at radius 2 is 1.45 bits per heavy atom. The largest absolute Gasteiger partial charge is 0.0654 e. The topological polar surface area (TPSA) is 0 Å². The van der Waals surface area contributed by atoms with Crippen molar-refractivity contribution in [1.82, 2.24) is 0 Å². The SMILES string of the molecule is CCCCC(C=Cc1ccccc1)=Cc1ccccc1. The molecule has 0 saturated heterocycles. The molecule has 0 aliphatic rings. The Kier molecular flexibility index (Phi) is 5.85. The van der Waals surface area contributed by atoms with Gasteiger partial charge in [0, 0.05) is 0 Å². The highest BCUT2D eigenvalue weighted by molar-refractivity contribution is 5.61. The van der Waals surface area contributed by atoms with Gasteiger partial charge in [0.25, 0.3) is 0 Å². The Morgan fingerprint density at radius 1 is 0.850 bits per heavy atom. The van der Waals surface area contributed by atoms with E-state index in [0.29, 0.717) is 0 Å². The van der Waals surface area contributed by atoms with Crippen LogP contribution in [0.15, 0.2) is 72.3 Å². The van der Waals surface area contributed by atoms with Gasteiger partial charge in [-0.1, -0.05) is 92.2 Å². The Bertz CT molecular complexity index is 547. The van der Waals surface area contributed by atoms with Crippen molar-refractivity contribution >= 4 is 12.2 Å². The van der Waals surface area contributed by atoms with Gasteiger partial charge < -0.3 is 0 Å². The van der Waals surface area contributed by atoms with Crippen molar-refractivity contribution in [3.8, 4) is 0 Å². The lowest BCUT2D eigenvalue weighted by atomic mass is 10.0. The molecule has 0 fully saturated rings. The van der Waals surface area contributed by atoms with E-state index in [-0.39, 0.29) is 0 Å². The first-order chi connectivity index (χ1) is 9.88. The number of allylic oxidation sites excluding steroid dienone is 2. The first-order valence-corrected chi connectivity index (χ1v) is 7.37. The van der Waals surface area contributed by atoms with Gasteiger partial charge in [0.05, 0.1) is 0 Å². The molecule has 0 nitrogen and oxygen atoms in total. The molecule has 0 N–H and O–H groups in total. The molecule has 2 rings (SSSR count). The van der Waals surface area contributed by atoms with Crippen molar-refractivity contribution in [2.24, 2.45) is 0 Å². The average Bonchev–Trinajstić information content (AvgIpc) is 2.52.